The normalized spacial score (nSPS) is 25.5. The molecular formula is C20H27N3O3. The fourth-order valence-electron chi connectivity index (χ4n) is 4.08. The molecule has 1 aromatic carbocycles. The average Bonchev–Trinajstić information content (AvgIpc) is 2.82. The highest BCUT2D eigenvalue weighted by Crippen LogP contribution is 2.38. The number of aryl methyl sites for hydroxylation is 2. The molecule has 1 saturated heterocycles. The molecule has 1 aliphatic carbocycles. The van der Waals surface area contributed by atoms with Crippen LogP contribution in [0.3, 0.4) is 0 Å². The molecule has 6 heteroatoms. The van der Waals surface area contributed by atoms with Gasteiger partial charge in [0, 0.05) is 6.54 Å². The van der Waals surface area contributed by atoms with Crippen molar-refractivity contribution >= 4 is 17.8 Å². The van der Waals surface area contributed by atoms with Crippen molar-refractivity contribution in [3.05, 3.63) is 34.9 Å². The molecule has 1 saturated carbocycles. The predicted molar refractivity (Wildman–Crippen MR) is 98.4 cm³/mol. The first kappa shape index (κ1) is 18.4. The Bertz CT molecular complexity index is 746. The zero-order valence-corrected chi connectivity index (χ0v) is 15.7. The van der Waals surface area contributed by atoms with Crippen molar-refractivity contribution in [3.63, 3.8) is 0 Å². The van der Waals surface area contributed by atoms with E-state index in [2.05, 4.69) is 16.7 Å². The molecule has 2 atom stereocenters. The van der Waals surface area contributed by atoms with Gasteiger partial charge in [0.25, 0.3) is 5.91 Å². The Morgan fingerprint density at radius 3 is 2.77 bits per heavy atom. The summed E-state index contributed by atoms with van der Waals surface area (Å²) in [5.74, 6) is -0.485. The number of nitrogens with one attached hydrogen (secondary N) is 2. The zero-order valence-electron chi connectivity index (χ0n) is 15.7. The van der Waals surface area contributed by atoms with Gasteiger partial charge in [0.05, 0.1) is 0 Å². The molecule has 2 aliphatic rings. The molecule has 6 nitrogen and oxygen atoms in total. The molecule has 2 N–H and O–H groups in total. The van der Waals surface area contributed by atoms with E-state index in [0.717, 1.165) is 35.3 Å². The maximum Gasteiger partial charge on any atom is 0.325 e. The van der Waals surface area contributed by atoms with Crippen molar-refractivity contribution in [3.8, 4) is 0 Å². The largest absolute Gasteiger partial charge is 0.350 e. The summed E-state index contributed by atoms with van der Waals surface area (Å²) >= 11 is 0. The zero-order chi connectivity index (χ0) is 18.9. The summed E-state index contributed by atoms with van der Waals surface area (Å²) in [5.41, 5.74) is 2.49. The van der Waals surface area contributed by atoms with E-state index in [9.17, 15) is 14.4 Å². The van der Waals surface area contributed by atoms with Gasteiger partial charge in [-0.2, -0.15) is 0 Å². The number of nitrogens with zero attached hydrogens (tertiary/aromatic N) is 1. The lowest BCUT2D eigenvalue weighted by Gasteiger charge is -2.36. The van der Waals surface area contributed by atoms with E-state index >= 15 is 0 Å². The van der Waals surface area contributed by atoms with Crippen LogP contribution in [0.15, 0.2) is 18.2 Å². The van der Waals surface area contributed by atoms with E-state index in [1.54, 1.807) is 0 Å². The van der Waals surface area contributed by atoms with Gasteiger partial charge in [-0.25, -0.2) is 4.79 Å². The molecule has 1 heterocycles. The van der Waals surface area contributed by atoms with Crippen molar-refractivity contribution in [2.45, 2.75) is 58.5 Å². The van der Waals surface area contributed by atoms with Crippen LogP contribution >= 0.6 is 0 Å². The summed E-state index contributed by atoms with van der Waals surface area (Å²) in [6.07, 6.45) is 3.56. The van der Waals surface area contributed by atoms with Gasteiger partial charge < -0.3 is 10.6 Å². The number of rotatable bonds is 4. The van der Waals surface area contributed by atoms with E-state index in [1.807, 2.05) is 32.9 Å². The summed E-state index contributed by atoms with van der Waals surface area (Å²) in [7, 11) is 0. The number of hydrogen-bond donors (Lipinski definition) is 2. The lowest BCUT2D eigenvalue weighted by molar-refractivity contribution is -0.137. The number of urea groups is 1. The summed E-state index contributed by atoms with van der Waals surface area (Å²) in [6.45, 7) is 6.18. The molecule has 0 radical (unpaired) electrons. The summed E-state index contributed by atoms with van der Waals surface area (Å²) in [5, 5.41) is 5.69. The van der Waals surface area contributed by atoms with E-state index in [0.29, 0.717) is 13.0 Å². The van der Waals surface area contributed by atoms with Gasteiger partial charge in [-0.15, -0.1) is 0 Å². The van der Waals surface area contributed by atoms with Crippen LogP contribution in [0.1, 0.15) is 49.3 Å². The summed E-state index contributed by atoms with van der Waals surface area (Å²) < 4.78 is 0. The van der Waals surface area contributed by atoms with Crippen LogP contribution in [0, 0.1) is 19.8 Å². The minimum absolute atomic E-state index is 0.0935. The predicted octanol–water partition coefficient (Wildman–Crippen LogP) is 2.42. The second kappa shape index (κ2) is 7.09. The van der Waals surface area contributed by atoms with Gasteiger partial charge in [0.1, 0.15) is 12.1 Å². The van der Waals surface area contributed by atoms with Crippen LogP contribution < -0.4 is 10.6 Å². The highest BCUT2D eigenvalue weighted by atomic mass is 16.2. The van der Waals surface area contributed by atoms with Crippen LogP contribution in [0.5, 0.6) is 0 Å². The molecular weight excluding hydrogens is 330 g/mol. The smallest absolute Gasteiger partial charge is 0.325 e. The van der Waals surface area contributed by atoms with Gasteiger partial charge in [-0.3, -0.25) is 14.5 Å². The summed E-state index contributed by atoms with van der Waals surface area (Å²) in [4.78, 5) is 38.6. The fourth-order valence-corrected chi connectivity index (χ4v) is 4.08. The van der Waals surface area contributed by atoms with Crippen LogP contribution in [-0.2, 0) is 16.1 Å². The Kier molecular flexibility index (Phi) is 5.03. The van der Waals surface area contributed by atoms with Gasteiger partial charge >= 0.3 is 6.03 Å². The van der Waals surface area contributed by atoms with E-state index in [-0.39, 0.29) is 24.3 Å². The van der Waals surface area contributed by atoms with E-state index in [4.69, 9.17) is 0 Å². The maximum atomic E-state index is 12.9. The molecule has 1 aromatic rings. The lowest BCUT2D eigenvalue weighted by atomic mass is 9.73. The van der Waals surface area contributed by atoms with Crippen molar-refractivity contribution in [1.29, 1.82) is 0 Å². The Balaban J connectivity index is 1.62. The molecule has 1 spiro atoms. The minimum atomic E-state index is -0.816. The molecule has 4 amide bonds. The third-order valence-corrected chi connectivity index (χ3v) is 5.78. The topological polar surface area (TPSA) is 78.5 Å². The van der Waals surface area contributed by atoms with Crippen molar-refractivity contribution in [1.82, 2.24) is 15.5 Å². The van der Waals surface area contributed by atoms with Gasteiger partial charge in [-0.1, -0.05) is 43.5 Å². The van der Waals surface area contributed by atoms with Gasteiger partial charge in [0.15, 0.2) is 0 Å². The first-order valence-corrected chi connectivity index (χ1v) is 9.30. The third-order valence-electron chi connectivity index (χ3n) is 5.78. The summed E-state index contributed by atoms with van der Waals surface area (Å²) in [6, 6.07) is 5.59. The number of amides is 4. The van der Waals surface area contributed by atoms with Crippen LogP contribution in [0.4, 0.5) is 4.79 Å². The highest BCUT2D eigenvalue weighted by Gasteiger charge is 2.55. The Hall–Kier alpha value is -2.37. The van der Waals surface area contributed by atoms with Crippen LogP contribution in [0.25, 0.3) is 0 Å². The SMILES string of the molecule is Cc1ccc(CNC(=O)CN2C(=O)NC3(CCCCC3C)C2=O)c(C)c1. The molecule has 0 bridgehead atoms. The molecule has 2 unspecified atom stereocenters. The monoisotopic (exact) mass is 357 g/mol. The van der Waals surface area contributed by atoms with E-state index < -0.39 is 11.6 Å². The first-order valence-electron chi connectivity index (χ1n) is 9.30. The average molecular weight is 357 g/mol. The highest BCUT2D eigenvalue weighted by molar-refractivity contribution is 6.09. The molecule has 1 aliphatic heterocycles. The number of imide groups is 1. The number of carbonyl (C=O) groups excluding carboxylic acids is 3. The third kappa shape index (κ3) is 3.32. The first-order chi connectivity index (χ1) is 12.3. The van der Waals surface area contributed by atoms with Crippen molar-refractivity contribution < 1.29 is 14.4 Å². The Morgan fingerprint density at radius 2 is 2.08 bits per heavy atom. The molecule has 2 fully saturated rings. The van der Waals surface area contributed by atoms with Crippen molar-refractivity contribution in [2.75, 3.05) is 6.54 Å². The Morgan fingerprint density at radius 1 is 1.31 bits per heavy atom. The number of carbonyl (C=O) groups is 3. The molecule has 3 rings (SSSR count). The minimum Gasteiger partial charge on any atom is -0.350 e. The lowest BCUT2D eigenvalue weighted by Crippen LogP contribution is -2.54. The standard InChI is InChI=1S/C20H27N3O3/c1-13-7-8-16(14(2)10-13)11-21-17(24)12-23-18(25)20(22-19(23)26)9-5-4-6-15(20)3/h7-8,10,15H,4-6,9,11-12H2,1-3H3,(H,21,24)(H,22,26). The number of hydrogen-bond acceptors (Lipinski definition) is 3. The Labute approximate surface area is 154 Å². The second-order valence-corrected chi connectivity index (χ2v) is 7.65. The molecule has 26 heavy (non-hydrogen) atoms. The molecule has 0 aromatic heterocycles. The quantitative estimate of drug-likeness (QED) is 0.813. The fraction of sp³-hybridized carbons (Fsp3) is 0.550. The van der Waals surface area contributed by atoms with Crippen LogP contribution in [-0.4, -0.2) is 34.8 Å². The molecule has 140 valence electrons. The maximum absolute atomic E-state index is 12.9. The van der Waals surface area contributed by atoms with E-state index in [1.165, 1.54) is 5.56 Å². The van der Waals surface area contributed by atoms with Crippen molar-refractivity contribution in [2.24, 2.45) is 5.92 Å². The van der Waals surface area contributed by atoms with Gasteiger partial charge in [0.2, 0.25) is 5.91 Å². The second-order valence-electron chi connectivity index (χ2n) is 7.65. The van der Waals surface area contributed by atoms with Crippen LogP contribution in [0.2, 0.25) is 0 Å². The number of benzene rings is 1. The van der Waals surface area contributed by atoms with Gasteiger partial charge in [-0.05, 0) is 43.7 Å².